The van der Waals surface area contributed by atoms with Gasteiger partial charge in [-0.15, -0.1) is 0 Å². The molecule has 1 amide bonds. The third-order valence-electron chi connectivity index (χ3n) is 3.62. The van der Waals surface area contributed by atoms with Crippen LogP contribution in [-0.2, 0) is 9.53 Å². The van der Waals surface area contributed by atoms with Gasteiger partial charge in [0.1, 0.15) is 19.3 Å². The zero-order chi connectivity index (χ0) is 14.1. The number of nitrogens with two attached hydrogens (primary N) is 1. The van der Waals surface area contributed by atoms with E-state index in [4.69, 9.17) is 19.9 Å². The van der Waals surface area contributed by atoms with E-state index in [1.54, 1.807) is 12.1 Å². The van der Waals surface area contributed by atoms with Gasteiger partial charge >= 0.3 is 0 Å². The molecule has 0 radical (unpaired) electrons. The fraction of sp³-hybridized carbons (Fsp3) is 0.500. The number of rotatable bonds is 2. The number of fused-ring (bicyclic) bond motifs is 1. The van der Waals surface area contributed by atoms with Crippen LogP contribution in [0.4, 0.5) is 11.4 Å². The average Bonchev–Trinajstić information content (AvgIpc) is 2.86. The third-order valence-corrected chi connectivity index (χ3v) is 3.62. The minimum atomic E-state index is -0.414. The Labute approximate surface area is 117 Å². The molecule has 1 fully saturated rings. The lowest BCUT2D eigenvalue weighted by atomic mass is 10.0. The molecule has 108 valence electrons. The number of anilines is 2. The first kappa shape index (κ1) is 13.1. The summed E-state index contributed by atoms with van der Waals surface area (Å²) in [7, 11) is 0. The van der Waals surface area contributed by atoms with Gasteiger partial charge in [-0.2, -0.15) is 0 Å². The Morgan fingerprint density at radius 1 is 1.25 bits per heavy atom. The monoisotopic (exact) mass is 278 g/mol. The zero-order valence-electron chi connectivity index (χ0n) is 11.3. The molecule has 6 heteroatoms. The molecule has 2 atom stereocenters. The lowest BCUT2D eigenvalue weighted by molar-refractivity contribution is -0.126. The van der Waals surface area contributed by atoms with Crippen molar-refractivity contribution in [2.24, 2.45) is 5.92 Å². The second kappa shape index (κ2) is 5.20. The van der Waals surface area contributed by atoms with Gasteiger partial charge in [0.15, 0.2) is 11.5 Å². The molecule has 2 aliphatic heterocycles. The van der Waals surface area contributed by atoms with Gasteiger partial charge in [0, 0.05) is 18.7 Å². The van der Waals surface area contributed by atoms with Crippen molar-refractivity contribution in [3.05, 3.63) is 12.1 Å². The van der Waals surface area contributed by atoms with E-state index in [0.717, 1.165) is 6.42 Å². The number of ether oxygens (including phenoxy) is 3. The van der Waals surface area contributed by atoms with Crippen LogP contribution >= 0.6 is 0 Å². The van der Waals surface area contributed by atoms with Crippen LogP contribution in [0.5, 0.6) is 11.5 Å². The molecule has 0 spiro atoms. The van der Waals surface area contributed by atoms with Crippen molar-refractivity contribution in [1.82, 2.24) is 0 Å². The normalized spacial score (nSPS) is 24.4. The first-order valence-electron chi connectivity index (χ1n) is 6.77. The molecular weight excluding hydrogens is 260 g/mol. The van der Waals surface area contributed by atoms with E-state index >= 15 is 0 Å². The summed E-state index contributed by atoms with van der Waals surface area (Å²) in [5.41, 5.74) is 6.92. The van der Waals surface area contributed by atoms with Crippen LogP contribution in [0.1, 0.15) is 13.3 Å². The summed E-state index contributed by atoms with van der Waals surface area (Å²) in [5, 5.41) is 2.81. The molecule has 6 nitrogen and oxygen atoms in total. The van der Waals surface area contributed by atoms with Gasteiger partial charge in [0.25, 0.3) is 5.91 Å². The number of benzene rings is 1. The molecule has 20 heavy (non-hydrogen) atoms. The van der Waals surface area contributed by atoms with Gasteiger partial charge in [-0.3, -0.25) is 4.79 Å². The Bertz CT molecular complexity index is 532. The van der Waals surface area contributed by atoms with E-state index in [1.807, 2.05) is 6.92 Å². The van der Waals surface area contributed by atoms with E-state index in [2.05, 4.69) is 5.32 Å². The molecule has 1 aromatic carbocycles. The molecular formula is C14H18N2O4. The van der Waals surface area contributed by atoms with Gasteiger partial charge in [-0.1, -0.05) is 6.92 Å². The number of hydrogen-bond acceptors (Lipinski definition) is 5. The van der Waals surface area contributed by atoms with Gasteiger partial charge in [0.2, 0.25) is 0 Å². The third kappa shape index (κ3) is 2.38. The highest BCUT2D eigenvalue weighted by Crippen LogP contribution is 2.37. The molecule has 2 aliphatic rings. The standard InChI is InChI=1S/C14H18N2O4/c1-8-2-3-20-13(8)14(17)16-10-7-12-11(6-9(10)15)18-4-5-19-12/h6-8,13H,2-5,15H2,1H3,(H,16,17). The number of hydrogen-bond donors (Lipinski definition) is 2. The predicted octanol–water partition coefficient (Wildman–Crippen LogP) is 1.40. The molecule has 0 bridgehead atoms. The largest absolute Gasteiger partial charge is 0.486 e. The van der Waals surface area contributed by atoms with Crippen LogP contribution in [0, 0.1) is 5.92 Å². The van der Waals surface area contributed by atoms with Crippen molar-refractivity contribution in [3.63, 3.8) is 0 Å². The summed E-state index contributed by atoms with van der Waals surface area (Å²) >= 11 is 0. The Morgan fingerprint density at radius 2 is 1.95 bits per heavy atom. The molecule has 0 aliphatic carbocycles. The summed E-state index contributed by atoms with van der Waals surface area (Å²) in [4.78, 5) is 12.2. The predicted molar refractivity (Wildman–Crippen MR) is 74.0 cm³/mol. The second-order valence-electron chi connectivity index (χ2n) is 5.13. The molecule has 1 saturated heterocycles. The maximum atomic E-state index is 12.2. The lowest BCUT2D eigenvalue weighted by Gasteiger charge is -2.21. The highest BCUT2D eigenvalue weighted by molar-refractivity contribution is 5.97. The summed E-state index contributed by atoms with van der Waals surface area (Å²) in [6.45, 7) is 3.62. The zero-order valence-corrected chi connectivity index (χ0v) is 11.3. The second-order valence-corrected chi connectivity index (χ2v) is 5.13. The van der Waals surface area contributed by atoms with Crippen LogP contribution in [0.15, 0.2) is 12.1 Å². The van der Waals surface area contributed by atoms with Crippen molar-refractivity contribution in [2.75, 3.05) is 30.9 Å². The highest BCUT2D eigenvalue weighted by Gasteiger charge is 2.31. The molecule has 1 aromatic rings. The van der Waals surface area contributed by atoms with Crippen molar-refractivity contribution in [3.8, 4) is 11.5 Å². The summed E-state index contributed by atoms with van der Waals surface area (Å²) in [6, 6.07) is 3.37. The fourth-order valence-corrected chi connectivity index (χ4v) is 2.45. The minimum Gasteiger partial charge on any atom is -0.486 e. The topological polar surface area (TPSA) is 82.8 Å². The Hall–Kier alpha value is -1.95. The Balaban J connectivity index is 1.78. The van der Waals surface area contributed by atoms with Crippen molar-refractivity contribution in [1.29, 1.82) is 0 Å². The van der Waals surface area contributed by atoms with E-state index in [9.17, 15) is 4.79 Å². The van der Waals surface area contributed by atoms with Crippen molar-refractivity contribution in [2.45, 2.75) is 19.4 Å². The van der Waals surface area contributed by atoms with Crippen molar-refractivity contribution < 1.29 is 19.0 Å². The number of carbonyl (C=O) groups is 1. The first-order chi connectivity index (χ1) is 9.65. The lowest BCUT2D eigenvalue weighted by Crippen LogP contribution is -2.31. The summed E-state index contributed by atoms with van der Waals surface area (Å²) in [5.74, 6) is 1.25. The quantitative estimate of drug-likeness (QED) is 0.799. The molecule has 3 N–H and O–H groups in total. The van der Waals surface area contributed by atoms with Crippen LogP contribution < -0.4 is 20.5 Å². The van der Waals surface area contributed by atoms with Gasteiger partial charge in [0.05, 0.1) is 11.4 Å². The van der Waals surface area contributed by atoms with Crippen LogP contribution in [-0.4, -0.2) is 31.8 Å². The summed E-state index contributed by atoms with van der Waals surface area (Å²) < 4.78 is 16.4. The maximum Gasteiger partial charge on any atom is 0.253 e. The minimum absolute atomic E-state index is 0.168. The maximum absolute atomic E-state index is 12.2. The number of amides is 1. The van der Waals surface area contributed by atoms with Gasteiger partial charge in [-0.25, -0.2) is 0 Å². The SMILES string of the molecule is CC1CCOC1C(=O)Nc1cc2c(cc1N)OCCO2. The van der Waals surface area contributed by atoms with Gasteiger partial charge in [-0.05, 0) is 12.3 Å². The molecule has 3 rings (SSSR count). The average molecular weight is 278 g/mol. The first-order valence-corrected chi connectivity index (χ1v) is 6.77. The van der Waals surface area contributed by atoms with Crippen LogP contribution in [0.25, 0.3) is 0 Å². The smallest absolute Gasteiger partial charge is 0.253 e. The van der Waals surface area contributed by atoms with Crippen LogP contribution in [0.2, 0.25) is 0 Å². The van der Waals surface area contributed by atoms with E-state index in [1.165, 1.54) is 0 Å². The highest BCUT2D eigenvalue weighted by atomic mass is 16.6. The molecule has 2 heterocycles. The van der Waals surface area contributed by atoms with E-state index in [0.29, 0.717) is 42.7 Å². The summed E-state index contributed by atoms with van der Waals surface area (Å²) in [6.07, 6.45) is 0.483. The molecule has 0 aromatic heterocycles. The van der Waals surface area contributed by atoms with Crippen LogP contribution in [0.3, 0.4) is 0 Å². The molecule has 0 saturated carbocycles. The number of nitrogens with one attached hydrogen (secondary N) is 1. The van der Waals surface area contributed by atoms with E-state index < -0.39 is 6.10 Å². The fourth-order valence-electron chi connectivity index (χ4n) is 2.45. The van der Waals surface area contributed by atoms with Crippen molar-refractivity contribution >= 4 is 17.3 Å². The van der Waals surface area contributed by atoms with E-state index in [-0.39, 0.29) is 11.8 Å². The van der Waals surface area contributed by atoms with Gasteiger partial charge < -0.3 is 25.3 Å². The molecule has 2 unspecified atom stereocenters. The Kier molecular flexibility index (Phi) is 3.40. The Morgan fingerprint density at radius 3 is 2.60 bits per heavy atom. The number of carbonyl (C=O) groups excluding carboxylic acids is 1. The number of nitrogen functional groups attached to an aromatic ring is 1.